The van der Waals surface area contributed by atoms with Crippen LogP contribution in [0.1, 0.15) is 18.2 Å². The molecule has 1 aromatic heterocycles. The number of carbonyl (C=O) groups is 1. The van der Waals surface area contributed by atoms with Gasteiger partial charge in [-0.2, -0.15) is 5.26 Å². The Balaban J connectivity index is 2.66. The number of nitriles is 1. The smallest absolute Gasteiger partial charge is 0.242 e. The lowest BCUT2D eigenvalue weighted by Crippen LogP contribution is -2.39. The molecule has 1 amide bonds. The fourth-order valence-electron chi connectivity index (χ4n) is 1.46. The average Bonchev–Trinajstić information content (AvgIpc) is 2.39. The SMILES string of the molecule is COCCNC(=O)C(C)Nc1nc(C)ccc1C#N. The van der Waals surface area contributed by atoms with E-state index in [9.17, 15) is 4.79 Å². The predicted molar refractivity (Wildman–Crippen MR) is 71.7 cm³/mol. The van der Waals surface area contributed by atoms with Crippen LogP contribution in [0.5, 0.6) is 0 Å². The van der Waals surface area contributed by atoms with Gasteiger partial charge in [-0.15, -0.1) is 0 Å². The van der Waals surface area contributed by atoms with E-state index in [4.69, 9.17) is 10.00 Å². The summed E-state index contributed by atoms with van der Waals surface area (Å²) < 4.78 is 4.85. The Hall–Kier alpha value is -2.13. The summed E-state index contributed by atoms with van der Waals surface area (Å²) >= 11 is 0. The Morgan fingerprint density at radius 2 is 2.32 bits per heavy atom. The number of amides is 1. The van der Waals surface area contributed by atoms with Crippen molar-refractivity contribution in [1.29, 1.82) is 5.26 Å². The number of aromatic nitrogens is 1. The first-order valence-corrected chi connectivity index (χ1v) is 5.99. The predicted octanol–water partition coefficient (Wildman–Crippen LogP) is 0.825. The van der Waals surface area contributed by atoms with Crippen LogP contribution in [0.15, 0.2) is 12.1 Å². The van der Waals surface area contributed by atoms with Crippen LogP contribution in [0.3, 0.4) is 0 Å². The van der Waals surface area contributed by atoms with Crippen molar-refractivity contribution in [2.24, 2.45) is 0 Å². The Bertz CT molecular complexity index is 482. The molecule has 1 aromatic rings. The fraction of sp³-hybridized carbons (Fsp3) is 0.462. The summed E-state index contributed by atoms with van der Waals surface area (Å²) in [5, 5.41) is 14.6. The lowest BCUT2D eigenvalue weighted by Gasteiger charge is -2.15. The lowest BCUT2D eigenvalue weighted by atomic mass is 10.2. The Morgan fingerprint density at radius 1 is 1.58 bits per heavy atom. The fourth-order valence-corrected chi connectivity index (χ4v) is 1.46. The summed E-state index contributed by atoms with van der Waals surface area (Å²) in [6.45, 7) is 4.46. The molecule has 19 heavy (non-hydrogen) atoms. The summed E-state index contributed by atoms with van der Waals surface area (Å²) in [4.78, 5) is 16.0. The molecule has 0 aliphatic heterocycles. The van der Waals surface area contributed by atoms with Crippen LogP contribution < -0.4 is 10.6 Å². The maximum absolute atomic E-state index is 11.8. The van der Waals surface area contributed by atoms with Crippen molar-refractivity contribution in [2.45, 2.75) is 19.9 Å². The van der Waals surface area contributed by atoms with Gasteiger partial charge in [0.25, 0.3) is 0 Å². The number of pyridine rings is 1. The summed E-state index contributed by atoms with van der Waals surface area (Å²) in [5.74, 6) is 0.265. The molecule has 0 radical (unpaired) electrons. The molecule has 1 rings (SSSR count). The van der Waals surface area contributed by atoms with E-state index in [0.29, 0.717) is 24.5 Å². The number of rotatable bonds is 6. The molecule has 1 atom stereocenters. The van der Waals surface area contributed by atoms with Crippen LogP contribution in [0.2, 0.25) is 0 Å². The van der Waals surface area contributed by atoms with E-state index < -0.39 is 6.04 Å². The normalized spacial score (nSPS) is 11.5. The summed E-state index contributed by atoms with van der Waals surface area (Å²) in [6, 6.07) is 5.01. The van der Waals surface area contributed by atoms with Gasteiger partial charge in [0.2, 0.25) is 5.91 Å². The molecule has 0 bridgehead atoms. The highest BCUT2D eigenvalue weighted by Gasteiger charge is 2.14. The first-order valence-electron chi connectivity index (χ1n) is 5.99. The molecule has 102 valence electrons. The van der Waals surface area contributed by atoms with Crippen molar-refractivity contribution >= 4 is 11.7 Å². The molecule has 6 heteroatoms. The highest BCUT2D eigenvalue weighted by molar-refractivity contribution is 5.84. The number of ether oxygens (including phenoxy) is 1. The topological polar surface area (TPSA) is 87.0 Å². The van der Waals surface area contributed by atoms with Crippen molar-refractivity contribution in [1.82, 2.24) is 10.3 Å². The number of hydrogen-bond donors (Lipinski definition) is 2. The zero-order valence-corrected chi connectivity index (χ0v) is 11.4. The highest BCUT2D eigenvalue weighted by atomic mass is 16.5. The summed E-state index contributed by atoms with van der Waals surface area (Å²) in [7, 11) is 1.57. The lowest BCUT2D eigenvalue weighted by molar-refractivity contribution is -0.121. The molecular weight excluding hydrogens is 244 g/mol. The first kappa shape index (κ1) is 14.9. The molecule has 0 saturated heterocycles. The van der Waals surface area contributed by atoms with E-state index in [1.165, 1.54) is 0 Å². The quantitative estimate of drug-likeness (QED) is 0.741. The number of anilines is 1. The van der Waals surface area contributed by atoms with Crippen molar-refractivity contribution in [2.75, 3.05) is 25.6 Å². The molecule has 2 N–H and O–H groups in total. The number of nitrogens with one attached hydrogen (secondary N) is 2. The minimum atomic E-state index is -0.474. The third kappa shape index (κ3) is 4.56. The summed E-state index contributed by atoms with van der Waals surface area (Å²) in [6.07, 6.45) is 0. The minimum Gasteiger partial charge on any atom is -0.383 e. The molecule has 0 aliphatic carbocycles. The van der Waals surface area contributed by atoms with Crippen LogP contribution in [-0.4, -0.2) is 37.2 Å². The number of nitrogens with zero attached hydrogens (tertiary/aromatic N) is 2. The zero-order chi connectivity index (χ0) is 14.3. The van der Waals surface area contributed by atoms with E-state index in [-0.39, 0.29) is 5.91 Å². The van der Waals surface area contributed by atoms with E-state index in [2.05, 4.69) is 15.6 Å². The Labute approximate surface area is 112 Å². The van der Waals surface area contributed by atoms with Gasteiger partial charge in [0.05, 0.1) is 12.2 Å². The number of aryl methyl sites for hydroxylation is 1. The van der Waals surface area contributed by atoms with Crippen molar-refractivity contribution in [3.63, 3.8) is 0 Å². The van der Waals surface area contributed by atoms with E-state index in [0.717, 1.165) is 5.69 Å². The third-order valence-electron chi connectivity index (χ3n) is 2.51. The molecular formula is C13H18N4O2. The van der Waals surface area contributed by atoms with Gasteiger partial charge in [0.15, 0.2) is 0 Å². The van der Waals surface area contributed by atoms with Gasteiger partial charge in [-0.1, -0.05) is 0 Å². The number of methoxy groups -OCH3 is 1. The van der Waals surface area contributed by atoms with Gasteiger partial charge < -0.3 is 15.4 Å². The van der Waals surface area contributed by atoms with Crippen LogP contribution in [0, 0.1) is 18.3 Å². The highest BCUT2D eigenvalue weighted by Crippen LogP contribution is 2.13. The summed E-state index contributed by atoms with van der Waals surface area (Å²) in [5.41, 5.74) is 1.20. The van der Waals surface area contributed by atoms with Gasteiger partial charge in [0, 0.05) is 19.3 Å². The zero-order valence-electron chi connectivity index (χ0n) is 11.4. The van der Waals surface area contributed by atoms with E-state index >= 15 is 0 Å². The molecule has 0 fully saturated rings. The Kier molecular flexibility index (Phi) is 5.76. The monoisotopic (exact) mass is 262 g/mol. The van der Waals surface area contributed by atoms with Crippen LogP contribution in [0.25, 0.3) is 0 Å². The van der Waals surface area contributed by atoms with Gasteiger partial charge in [0.1, 0.15) is 17.9 Å². The molecule has 1 unspecified atom stereocenters. The van der Waals surface area contributed by atoms with Crippen LogP contribution in [0.4, 0.5) is 5.82 Å². The van der Waals surface area contributed by atoms with Crippen molar-refractivity contribution < 1.29 is 9.53 Å². The molecule has 1 heterocycles. The van der Waals surface area contributed by atoms with Gasteiger partial charge in [-0.25, -0.2) is 4.98 Å². The largest absolute Gasteiger partial charge is 0.383 e. The molecule has 0 spiro atoms. The molecule has 0 aromatic carbocycles. The standard InChI is InChI=1S/C13H18N4O2/c1-9-4-5-11(8-14)12(16-9)17-10(2)13(18)15-6-7-19-3/h4-5,10H,6-7H2,1-3H3,(H,15,18)(H,16,17). The van der Waals surface area contributed by atoms with Crippen molar-refractivity contribution in [3.8, 4) is 6.07 Å². The molecule has 0 saturated carbocycles. The van der Waals surface area contributed by atoms with Crippen LogP contribution in [-0.2, 0) is 9.53 Å². The van der Waals surface area contributed by atoms with E-state index in [1.54, 1.807) is 26.2 Å². The third-order valence-corrected chi connectivity index (χ3v) is 2.51. The maximum atomic E-state index is 11.8. The van der Waals surface area contributed by atoms with Crippen molar-refractivity contribution in [3.05, 3.63) is 23.4 Å². The van der Waals surface area contributed by atoms with E-state index in [1.807, 2.05) is 13.0 Å². The first-order chi connectivity index (χ1) is 9.08. The minimum absolute atomic E-state index is 0.163. The van der Waals surface area contributed by atoms with Gasteiger partial charge in [-0.3, -0.25) is 4.79 Å². The average molecular weight is 262 g/mol. The number of hydrogen-bond acceptors (Lipinski definition) is 5. The second-order valence-electron chi connectivity index (χ2n) is 4.11. The molecule has 6 nitrogen and oxygen atoms in total. The van der Waals surface area contributed by atoms with Crippen LogP contribution >= 0.6 is 0 Å². The van der Waals surface area contributed by atoms with Gasteiger partial charge in [-0.05, 0) is 26.0 Å². The number of carbonyl (C=O) groups excluding carboxylic acids is 1. The second kappa shape index (κ2) is 7.34. The van der Waals surface area contributed by atoms with Gasteiger partial charge >= 0.3 is 0 Å². The molecule has 0 aliphatic rings. The Morgan fingerprint density at radius 3 is 2.95 bits per heavy atom. The maximum Gasteiger partial charge on any atom is 0.242 e. The second-order valence-corrected chi connectivity index (χ2v) is 4.11.